The van der Waals surface area contributed by atoms with Gasteiger partial charge in [-0.15, -0.1) is 12.4 Å². The van der Waals surface area contributed by atoms with Crippen molar-refractivity contribution in [3.8, 4) is 0 Å². The molecule has 0 radical (unpaired) electrons. The zero-order chi connectivity index (χ0) is 11.3. The standard InChI is InChI=1S/C11H22N2O2.ClH/c1-11(2,15-3)8-13-10(14)9-6-4-5-7-12-9;/h9,12H,4-8H2,1-3H3,(H,13,14);1H/t9-;/m1./s1. The molecule has 0 aromatic carbocycles. The molecule has 96 valence electrons. The maximum atomic E-state index is 11.7. The molecule has 1 rings (SSSR count). The Kier molecular flexibility index (Phi) is 6.95. The van der Waals surface area contributed by atoms with Gasteiger partial charge in [-0.25, -0.2) is 0 Å². The van der Waals surface area contributed by atoms with Gasteiger partial charge in [0, 0.05) is 13.7 Å². The predicted molar refractivity (Wildman–Crippen MR) is 67.0 cm³/mol. The molecule has 0 aromatic heterocycles. The zero-order valence-electron chi connectivity index (χ0n) is 10.3. The predicted octanol–water partition coefficient (Wildman–Crippen LogP) is 1.09. The van der Waals surface area contributed by atoms with Crippen LogP contribution >= 0.6 is 12.4 Å². The fourth-order valence-corrected chi connectivity index (χ4v) is 1.57. The highest BCUT2D eigenvalue weighted by atomic mass is 35.5. The van der Waals surface area contributed by atoms with Gasteiger partial charge in [-0.2, -0.15) is 0 Å². The number of halogens is 1. The summed E-state index contributed by atoms with van der Waals surface area (Å²) in [6.45, 7) is 5.43. The smallest absolute Gasteiger partial charge is 0.237 e. The summed E-state index contributed by atoms with van der Waals surface area (Å²) in [7, 11) is 1.66. The lowest BCUT2D eigenvalue weighted by Crippen LogP contribution is -2.50. The maximum Gasteiger partial charge on any atom is 0.237 e. The van der Waals surface area contributed by atoms with Crippen molar-refractivity contribution in [3.63, 3.8) is 0 Å². The Hall–Kier alpha value is -0.320. The topological polar surface area (TPSA) is 50.4 Å². The van der Waals surface area contributed by atoms with Crippen LogP contribution in [-0.4, -0.2) is 37.7 Å². The Balaban J connectivity index is 0.00000225. The highest BCUT2D eigenvalue weighted by Crippen LogP contribution is 2.08. The molecule has 0 aromatic rings. The molecule has 2 N–H and O–H groups in total. The van der Waals surface area contributed by atoms with Gasteiger partial charge in [0.1, 0.15) is 0 Å². The number of amides is 1. The van der Waals surface area contributed by atoms with E-state index in [1.165, 1.54) is 6.42 Å². The van der Waals surface area contributed by atoms with Crippen LogP contribution in [0.25, 0.3) is 0 Å². The normalized spacial score (nSPS) is 21.1. The monoisotopic (exact) mass is 250 g/mol. The first-order valence-corrected chi connectivity index (χ1v) is 5.61. The summed E-state index contributed by atoms with van der Waals surface area (Å²) in [6, 6.07) is -0.00796. The van der Waals surface area contributed by atoms with Crippen molar-refractivity contribution in [2.75, 3.05) is 20.2 Å². The number of carbonyl (C=O) groups is 1. The van der Waals surface area contributed by atoms with Crippen LogP contribution in [0, 0.1) is 0 Å². The Morgan fingerprint density at radius 1 is 1.50 bits per heavy atom. The molecule has 1 aliphatic heterocycles. The Bertz CT molecular complexity index is 216. The van der Waals surface area contributed by atoms with Gasteiger partial charge < -0.3 is 15.4 Å². The van der Waals surface area contributed by atoms with Crippen LogP contribution < -0.4 is 10.6 Å². The van der Waals surface area contributed by atoms with E-state index in [1.54, 1.807) is 7.11 Å². The second kappa shape index (κ2) is 7.09. The number of piperidine rings is 1. The molecule has 1 atom stereocenters. The molecular formula is C11H23ClN2O2. The van der Waals surface area contributed by atoms with Gasteiger partial charge in [-0.3, -0.25) is 4.79 Å². The van der Waals surface area contributed by atoms with Crippen LogP contribution in [0.15, 0.2) is 0 Å². The summed E-state index contributed by atoms with van der Waals surface area (Å²) >= 11 is 0. The molecule has 1 heterocycles. The molecule has 1 aliphatic rings. The van der Waals surface area contributed by atoms with Crippen molar-refractivity contribution in [1.29, 1.82) is 0 Å². The van der Waals surface area contributed by atoms with Crippen LogP contribution in [0.3, 0.4) is 0 Å². The summed E-state index contributed by atoms with van der Waals surface area (Å²) in [4.78, 5) is 11.7. The third-order valence-corrected chi connectivity index (χ3v) is 2.87. The van der Waals surface area contributed by atoms with Crippen LogP contribution in [-0.2, 0) is 9.53 Å². The highest BCUT2D eigenvalue weighted by Gasteiger charge is 2.23. The van der Waals surface area contributed by atoms with Gasteiger partial charge in [-0.1, -0.05) is 6.42 Å². The Morgan fingerprint density at radius 2 is 2.19 bits per heavy atom. The lowest BCUT2D eigenvalue weighted by molar-refractivity contribution is -0.124. The van der Waals surface area contributed by atoms with E-state index < -0.39 is 0 Å². The van der Waals surface area contributed by atoms with E-state index in [2.05, 4.69) is 10.6 Å². The molecule has 1 fully saturated rings. The lowest BCUT2D eigenvalue weighted by atomic mass is 10.0. The third-order valence-electron chi connectivity index (χ3n) is 2.87. The van der Waals surface area contributed by atoms with Gasteiger partial charge in [0.2, 0.25) is 5.91 Å². The van der Waals surface area contributed by atoms with Gasteiger partial charge in [0.25, 0.3) is 0 Å². The summed E-state index contributed by atoms with van der Waals surface area (Å²) in [5.74, 6) is 0.0971. The molecule has 1 amide bonds. The molecule has 16 heavy (non-hydrogen) atoms. The van der Waals surface area contributed by atoms with E-state index in [4.69, 9.17) is 4.74 Å². The minimum Gasteiger partial charge on any atom is -0.377 e. The molecular weight excluding hydrogens is 228 g/mol. The van der Waals surface area contributed by atoms with Crippen molar-refractivity contribution >= 4 is 18.3 Å². The minimum absolute atomic E-state index is 0. The number of hydrogen-bond donors (Lipinski definition) is 2. The van der Waals surface area contributed by atoms with E-state index in [-0.39, 0.29) is 30.0 Å². The van der Waals surface area contributed by atoms with Gasteiger partial charge >= 0.3 is 0 Å². The van der Waals surface area contributed by atoms with E-state index in [0.29, 0.717) is 6.54 Å². The number of methoxy groups -OCH3 is 1. The number of ether oxygens (including phenoxy) is 1. The molecule has 1 saturated heterocycles. The second-order valence-corrected chi connectivity index (χ2v) is 4.68. The van der Waals surface area contributed by atoms with Crippen LogP contribution in [0.5, 0.6) is 0 Å². The number of nitrogens with one attached hydrogen (secondary N) is 2. The van der Waals surface area contributed by atoms with Crippen LogP contribution in [0.4, 0.5) is 0 Å². The molecule has 5 heteroatoms. The maximum absolute atomic E-state index is 11.7. The first kappa shape index (κ1) is 15.7. The molecule has 0 bridgehead atoms. The van der Waals surface area contributed by atoms with Crippen molar-refractivity contribution in [2.24, 2.45) is 0 Å². The number of carbonyl (C=O) groups excluding carboxylic acids is 1. The van der Waals surface area contributed by atoms with E-state index in [9.17, 15) is 4.79 Å². The SMILES string of the molecule is COC(C)(C)CNC(=O)[C@H]1CCCCN1.Cl. The molecule has 0 saturated carbocycles. The van der Waals surface area contributed by atoms with Crippen molar-refractivity contribution in [1.82, 2.24) is 10.6 Å². The van der Waals surface area contributed by atoms with Crippen LogP contribution in [0.2, 0.25) is 0 Å². The Labute approximate surface area is 104 Å². The van der Waals surface area contributed by atoms with Gasteiger partial charge in [0.15, 0.2) is 0 Å². The van der Waals surface area contributed by atoms with E-state index in [1.807, 2.05) is 13.8 Å². The summed E-state index contributed by atoms with van der Waals surface area (Å²) in [5, 5.41) is 6.14. The van der Waals surface area contributed by atoms with Crippen LogP contribution in [0.1, 0.15) is 33.1 Å². The van der Waals surface area contributed by atoms with Gasteiger partial charge in [0.05, 0.1) is 11.6 Å². The fourth-order valence-electron chi connectivity index (χ4n) is 1.57. The zero-order valence-corrected chi connectivity index (χ0v) is 11.2. The summed E-state index contributed by atoms with van der Waals surface area (Å²) in [6.07, 6.45) is 3.26. The van der Waals surface area contributed by atoms with E-state index in [0.717, 1.165) is 19.4 Å². The molecule has 0 unspecified atom stereocenters. The van der Waals surface area contributed by atoms with Gasteiger partial charge in [-0.05, 0) is 33.2 Å². The van der Waals surface area contributed by atoms with Crippen molar-refractivity contribution in [2.45, 2.75) is 44.8 Å². The summed E-state index contributed by atoms with van der Waals surface area (Å²) < 4.78 is 5.24. The summed E-state index contributed by atoms with van der Waals surface area (Å²) in [5.41, 5.74) is -0.287. The molecule has 4 nitrogen and oxygen atoms in total. The number of hydrogen-bond acceptors (Lipinski definition) is 3. The molecule has 0 spiro atoms. The lowest BCUT2D eigenvalue weighted by Gasteiger charge is -2.26. The fraction of sp³-hybridized carbons (Fsp3) is 0.909. The minimum atomic E-state index is -0.287. The largest absolute Gasteiger partial charge is 0.377 e. The average Bonchev–Trinajstić information content (AvgIpc) is 2.27. The third kappa shape index (κ3) is 5.14. The van der Waals surface area contributed by atoms with E-state index >= 15 is 0 Å². The highest BCUT2D eigenvalue weighted by molar-refractivity contribution is 5.85. The quantitative estimate of drug-likeness (QED) is 0.786. The molecule has 0 aliphatic carbocycles. The first-order chi connectivity index (χ1) is 7.05. The van der Waals surface area contributed by atoms with Crippen molar-refractivity contribution in [3.05, 3.63) is 0 Å². The Morgan fingerprint density at radius 3 is 2.69 bits per heavy atom. The first-order valence-electron chi connectivity index (χ1n) is 5.61. The number of rotatable bonds is 4. The average molecular weight is 251 g/mol. The van der Waals surface area contributed by atoms with Crippen molar-refractivity contribution < 1.29 is 9.53 Å². The second-order valence-electron chi connectivity index (χ2n) is 4.68.